The molecular weight excluding hydrogens is 1230 g/mol. The van der Waals surface area contributed by atoms with Crippen molar-refractivity contribution in [3.63, 3.8) is 0 Å². The molecule has 0 radical (unpaired) electrons. The Bertz CT molecular complexity index is 1990. The van der Waals surface area contributed by atoms with Crippen LogP contribution in [-0.4, -0.2) is 204 Å². The Morgan fingerprint density at radius 1 is 0.409 bits per heavy atom. The molecular formula is C68H125O24P. The lowest BCUT2D eigenvalue weighted by molar-refractivity contribution is -0.360. The van der Waals surface area contributed by atoms with Crippen LogP contribution in [0.25, 0.3) is 0 Å². The molecule has 2 heterocycles. The van der Waals surface area contributed by atoms with Crippen molar-refractivity contribution in [3.05, 3.63) is 12.2 Å². The number of rotatable bonds is 55. The van der Waals surface area contributed by atoms with Crippen LogP contribution >= 0.6 is 7.82 Å². The molecule has 18 unspecified atom stereocenters. The van der Waals surface area contributed by atoms with Gasteiger partial charge in [-0.05, 0) is 44.9 Å². The van der Waals surface area contributed by atoms with Gasteiger partial charge < -0.3 is 89.1 Å². The van der Waals surface area contributed by atoms with Gasteiger partial charge in [0.15, 0.2) is 18.7 Å². The molecule has 0 aromatic heterocycles. The highest BCUT2D eigenvalue weighted by Gasteiger charge is 2.58. The van der Waals surface area contributed by atoms with E-state index in [0.29, 0.717) is 19.3 Å². The maximum absolute atomic E-state index is 14.3. The third kappa shape index (κ3) is 34.9. The van der Waals surface area contributed by atoms with Crippen LogP contribution in [0.15, 0.2) is 12.2 Å². The van der Waals surface area contributed by atoms with Gasteiger partial charge in [-0.2, -0.15) is 0 Å². The number of phosphoric acid groups is 1. The smallest absolute Gasteiger partial charge is 0.463 e. The molecule has 3 aliphatic rings. The molecule has 0 aromatic carbocycles. The van der Waals surface area contributed by atoms with E-state index in [2.05, 4.69) is 32.9 Å². The molecule has 546 valence electrons. The van der Waals surface area contributed by atoms with Gasteiger partial charge in [-0.25, -0.2) is 4.57 Å². The topological polar surface area (TPSA) is 374 Å². The van der Waals surface area contributed by atoms with E-state index in [1.54, 1.807) is 0 Å². The summed E-state index contributed by atoms with van der Waals surface area (Å²) in [6.07, 6.45) is 7.39. The molecule has 0 bridgehead atoms. The SMILES string of the molecule is CCCCCCCC/C=C\CCCCCC(=O)OCC1OC(OC2C(O)C(O)C(O)C(OC3OC(CO)C(O)C(O)C3O)C2OP(=O)(O)OCC(COC(=O)CCCCCCCCCCCCCCCC)OC(=O)CCCCCCCCCCCCC)C(O)C(O)C1O. The van der Waals surface area contributed by atoms with Gasteiger partial charge in [-0.1, -0.05) is 219 Å². The molecule has 18 atom stereocenters. The molecule has 0 spiro atoms. The number of hydrogen-bond acceptors (Lipinski definition) is 23. The summed E-state index contributed by atoms with van der Waals surface area (Å²) in [5.41, 5.74) is 0. The van der Waals surface area contributed by atoms with Crippen molar-refractivity contribution in [2.45, 2.75) is 375 Å². The second kappa shape index (κ2) is 50.9. The molecule has 2 saturated heterocycles. The van der Waals surface area contributed by atoms with Crippen LogP contribution in [0, 0.1) is 0 Å². The van der Waals surface area contributed by atoms with E-state index in [-0.39, 0.29) is 19.3 Å². The molecule has 1 saturated carbocycles. The zero-order valence-corrected chi connectivity index (χ0v) is 57.4. The first-order valence-corrected chi connectivity index (χ1v) is 37.5. The lowest BCUT2D eigenvalue weighted by atomic mass is 9.84. The molecule has 1 aliphatic carbocycles. The minimum atomic E-state index is -5.69. The molecule has 2 aliphatic heterocycles. The van der Waals surface area contributed by atoms with E-state index in [9.17, 15) is 74.9 Å². The second-order valence-electron chi connectivity index (χ2n) is 26.0. The van der Waals surface area contributed by atoms with Crippen LogP contribution in [-0.2, 0) is 61.2 Å². The zero-order valence-electron chi connectivity index (χ0n) is 56.5. The Morgan fingerprint density at radius 3 is 1.17 bits per heavy atom. The van der Waals surface area contributed by atoms with Gasteiger partial charge in [0.1, 0.15) is 98.7 Å². The van der Waals surface area contributed by atoms with Gasteiger partial charge in [0.05, 0.1) is 13.2 Å². The van der Waals surface area contributed by atoms with Gasteiger partial charge in [0.25, 0.3) is 0 Å². The third-order valence-electron chi connectivity index (χ3n) is 17.8. The van der Waals surface area contributed by atoms with Crippen molar-refractivity contribution in [1.29, 1.82) is 0 Å². The van der Waals surface area contributed by atoms with Crippen molar-refractivity contribution in [2.24, 2.45) is 0 Å². The standard InChI is InChI=1S/C68H125O24P/c1-4-7-10-13-16-19-22-24-26-29-30-33-36-39-42-52(70)84-46-49(87-54(72)44-41-38-35-32-27-21-18-15-12-9-6-3)47-86-93(82,83)92-66-64(90-67-62(80)57(75)55(73)50(45-69)88-67)60(78)59(77)61(79)65(66)91-68-63(81)58(76)56(74)51(89-68)48-85-53(71)43-40-37-34-31-28-25-23-20-17-14-11-8-5-2/h25,28,49-51,55-69,73-81H,4-24,26-27,29-48H2,1-3H3,(H,82,83)/b28-25-. The average molecular weight is 1360 g/mol. The fourth-order valence-electron chi connectivity index (χ4n) is 11.9. The molecule has 0 aromatic rings. The maximum atomic E-state index is 14.3. The summed E-state index contributed by atoms with van der Waals surface area (Å²) in [5.74, 6) is -2.00. The number of hydrogen-bond donors (Lipinski definition) is 11. The van der Waals surface area contributed by atoms with Crippen molar-refractivity contribution in [2.75, 3.05) is 26.4 Å². The summed E-state index contributed by atoms with van der Waals surface area (Å²) in [5, 5.41) is 110. The summed E-state index contributed by atoms with van der Waals surface area (Å²) in [4.78, 5) is 50.8. The maximum Gasteiger partial charge on any atom is 0.472 e. The Labute approximate surface area is 554 Å². The Kier molecular flexibility index (Phi) is 46.5. The van der Waals surface area contributed by atoms with Crippen LogP contribution in [0.3, 0.4) is 0 Å². The van der Waals surface area contributed by atoms with Gasteiger partial charge in [-0.15, -0.1) is 0 Å². The van der Waals surface area contributed by atoms with Crippen molar-refractivity contribution < 1.29 is 117 Å². The van der Waals surface area contributed by atoms with Crippen molar-refractivity contribution >= 4 is 25.7 Å². The lowest BCUT2D eigenvalue weighted by Gasteiger charge is -2.49. The first-order chi connectivity index (χ1) is 44.8. The number of ether oxygens (including phenoxy) is 7. The number of unbranched alkanes of at least 4 members (excludes halogenated alkanes) is 32. The van der Waals surface area contributed by atoms with Crippen LogP contribution in [0.5, 0.6) is 0 Å². The van der Waals surface area contributed by atoms with E-state index < -0.39 is 156 Å². The van der Waals surface area contributed by atoms with E-state index in [4.69, 9.17) is 42.2 Å². The number of phosphoric ester groups is 1. The quantitative estimate of drug-likeness (QED) is 0.00890. The number of carbonyl (C=O) groups is 3. The van der Waals surface area contributed by atoms with Crippen LogP contribution < -0.4 is 0 Å². The number of allylic oxidation sites excluding steroid dienone is 2. The largest absolute Gasteiger partial charge is 0.472 e. The normalized spacial score (nSPS) is 28.5. The molecule has 93 heavy (non-hydrogen) atoms. The molecule has 11 N–H and O–H groups in total. The first kappa shape index (κ1) is 84.9. The summed E-state index contributed by atoms with van der Waals surface area (Å²) in [6.45, 7) is 3.40. The zero-order chi connectivity index (χ0) is 68.2. The number of aliphatic hydroxyl groups excluding tert-OH is 10. The Morgan fingerprint density at radius 2 is 0.753 bits per heavy atom. The monoisotopic (exact) mass is 1360 g/mol. The Hall–Kier alpha value is -2.30. The van der Waals surface area contributed by atoms with Gasteiger partial charge in [0, 0.05) is 19.3 Å². The highest BCUT2D eigenvalue weighted by atomic mass is 31.2. The lowest BCUT2D eigenvalue weighted by Crippen LogP contribution is -2.69. The van der Waals surface area contributed by atoms with Crippen molar-refractivity contribution in [1.82, 2.24) is 0 Å². The van der Waals surface area contributed by atoms with Crippen LogP contribution in [0.2, 0.25) is 0 Å². The molecule has 3 fully saturated rings. The summed E-state index contributed by atoms with van der Waals surface area (Å²) in [6, 6.07) is 0. The Balaban J connectivity index is 1.75. The van der Waals surface area contributed by atoms with E-state index in [0.717, 1.165) is 89.9 Å². The molecule has 25 heteroatoms. The van der Waals surface area contributed by atoms with Gasteiger partial charge in [0.2, 0.25) is 0 Å². The second-order valence-corrected chi connectivity index (χ2v) is 27.4. The first-order valence-electron chi connectivity index (χ1n) is 36.0. The molecule has 24 nitrogen and oxygen atoms in total. The third-order valence-corrected chi connectivity index (χ3v) is 18.8. The van der Waals surface area contributed by atoms with E-state index in [1.807, 2.05) is 0 Å². The van der Waals surface area contributed by atoms with Crippen molar-refractivity contribution in [3.8, 4) is 0 Å². The van der Waals surface area contributed by atoms with E-state index in [1.165, 1.54) is 122 Å². The van der Waals surface area contributed by atoms with E-state index >= 15 is 0 Å². The minimum Gasteiger partial charge on any atom is -0.463 e. The van der Waals surface area contributed by atoms with Crippen LogP contribution in [0.4, 0.5) is 0 Å². The summed E-state index contributed by atoms with van der Waals surface area (Å²) < 4.78 is 64.8. The number of esters is 3. The fourth-order valence-corrected chi connectivity index (χ4v) is 12.8. The highest BCUT2D eigenvalue weighted by molar-refractivity contribution is 7.47. The van der Waals surface area contributed by atoms with Gasteiger partial charge in [-0.3, -0.25) is 23.4 Å². The average Bonchev–Trinajstić information content (AvgIpc) is 0.784. The van der Waals surface area contributed by atoms with Crippen LogP contribution in [0.1, 0.15) is 271 Å². The summed E-state index contributed by atoms with van der Waals surface area (Å²) >= 11 is 0. The highest BCUT2D eigenvalue weighted by Crippen LogP contribution is 2.49. The minimum absolute atomic E-state index is 0.00928. The molecule has 0 amide bonds. The predicted octanol–water partition coefficient (Wildman–Crippen LogP) is 8.79. The number of carbonyl (C=O) groups excluding carboxylic acids is 3. The molecule has 3 rings (SSSR count). The predicted molar refractivity (Wildman–Crippen MR) is 347 cm³/mol. The number of aliphatic hydroxyl groups is 10. The van der Waals surface area contributed by atoms with Gasteiger partial charge >= 0.3 is 25.7 Å². The fraction of sp³-hybridized carbons (Fsp3) is 0.926. The summed E-state index contributed by atoms with van der Waals surface area (Å²) in [7, 11) is -5.69.